The van der Waals surface area contributed by atoms with Gasteiger partial charge in [-0.3, -0.25) is 9.59 Å². The molecule has 0 heterocycles. The number of carbonyl (C=O) groups excluding carboxylic acids is 3. The molecule has 1 aromatic carbocycles. The Morgan fingerprint density at radius 1 is 1.16 bits per heavy atom. The quantitative estimate of drug-likeness (QED) is 0.397. The number of nitrogens with one attached hydrogen (secondary N) is 1. The second-order valence-electron chi connectivity index (χ2n) is 11.9. The summed E-state index contributed by atoms with van der Waals surface area (Å²) in [6.45, 7) is 8.58. The molecule has 8 heteroatoms. The van der Waals surface area contributed by atoms with E-state index in [1.54, 1.807) is 32.2 Å². The van der Waals surface area contributed by atoms with Gasteiger partial charge in [-0.1, -0.05) is 45.1 Å². The summed E-state index contributed by atoms with van der Waals surface area (Å²) in [6.07, 6.45) is 3.09. The summed E-state index contributed by atoms with van der Waals surface area (Å²) >= 11 is 0. The number of fused-ring (bicyclic) bond motifs is 5. The molecule has 0 amide bonds. The fraction of sp³-hybridized carbons (Fsp3) is 0.567. The van der Waals surface area contributed by atoms with E-state index in [-0.39, 0.29) is 12.4 Å². The van der Waals surface area contributed by atoms with Crippen molar-refractivity contribution in [3.8, 4) is 0 Å². The molecule has 5 rings (SSSR count). The maximum absolute atomic E-state index is 13.6. The van der Waals surface area contributed by atoms with Crippen LogP contribution in [0.15, 0.2) is 47.6 Å². The van der Waals surface area contributed by atoms with Gasteiger partial charge in [0.15, 0.2) is 11.4 Å². The highest BCUT2D eigenvalue weighted by Gasteiger charge is 2.87. The summed E-state index contributed by atoms with van der Waals surface area (Å²) in [4.78, 5) is 39.3. The van der Waals surface area contributed by atoms with Gasteiger partial charge in [-0.25, -0.2) is 4.79 Å². The van der Waals surface area contributed by atoms with Gasteiger partial charge in [0.25, 0.3) is 0 Å². The van der Waals surface area contributed by atoms with E-state index in [1.807, 2.05) is 39.0 Å². The third-order valence-electron chi connectivity index (χ3n) is 9.85. The molecule has 1 aromatic rings. The summed E-state index contributed by atoms with van der Waals surface area (Å²) in [6, 6.07) is 6.98. The van der Waals surface area contributed by atoms with Crippen LogP contribution >= 0.6 is 0 Å². The Labute approximate surface area is 223 Å². The van der Waals surface area contributed by atoms with E-state index >= 15 is 0 Å². The largest absolute Gasteiger partial charge is 0.454 e. The Hall–Kier alpha value is -2.97. The van der Waals surface area contributed by atoms with E-state index in [1.165, 1.54) is 6.92 Å². The van der Waals surface area contributed by atoms with Crippen molar-refractivity contribution in [3.63, 3.8) is 0 Å². The number of benzene rings is 1. The molecule has 4 aliphatic rings. The number of ketones is 1. The Bertz CT molecular complexity index is 1260. The Morgan fingerprint density at radius 2 is 1.84 bits per heavy atom. The average Bonchev–Trinajstić information content (AvgIpc) is 3.27. The zero-order valence-electron chi connectivity index (χ0n) is 22.8. The number of Topliss-reactive ketones (excluding diaryl/α,β-unsaturated/α-hetero) is 1. The number of ether oxygens (including phenoxy) is 2. The van der Waals surface area contributed by atoms with Crippen molar-refractivity contribution >= 4 is 23.4 Å². The molecule has 2 saturated carbocycles. The third kappa shape index (κ3) is 3.39. The van der Waals surface area contributed by atoms with Crippen LogP contribution in [0.1, 0.15) is 51.4 Å². The molecule has 0 aliphatic heterocycles. The highest BCUT2D eigenvalue weighted by Crippen LogP contribution is 2.77. The van der Waals surface area contributed by atoms with Crippen LogP contribution < -0.4 is 5.32 Å². The second-order valence-corrected chi connectivity index (χ2v) is 11.9. The van der Waals surface area contributed by atoms with Crippen molar-refractivity contribution < 1.29 is 34.1 Å². The summed E-state index contributed by atoms with van der Waals surface area (Å²) in [5, 5.41) is 25.9. The molecule has 0 spiro atoms. The zero-order chi connectivity index (χ0) is 27.8. The lowest BCUT2D eigenvalue weighted by Crippen LogP contribution is -2.63. The minimum absolute atomic E-state index is 0.0426. The lowest BCUT2D eigenvalue weighted by molar-refractivity contribution is -0.207. The van der Waals surface area contributed by atoms with E-state index in [9.17, 15) is 24.6 Å². The van der Waals surface area contributed by atoms with E-state index in [2.05, 4.69) is 5.32 Å². The molecule has 4 aliphatic carbocycles. The molecule has 0 unspecified atom stereocenters. The van der Waals surface area contributed by atoms with Crippen molar-refractivity contribution in [2.24, 2.45) is 35.0 Å². The van der Waals surface area contributed by atoms with Crippen LogP contribution in [-0.2, 0) is 19.1 Å². The molecule has 3 N–H and O–H groups in total. The van der Waals surface area contributed by atoms with E-state index in [0.29, 0.717) is 28.8 Å². The van der Waals surface area contributed by atoms with E-state index in [4.69, 9.17) is 9.47 Å². The lowest BCUT2D eigenvalue weighted by Gasteiger charge is -2.52. The summed E-state index contributed by atoms with van der Waals surface area (Å²) in [5.41, 5.74) is -1.13. The average molecular weight is 524 g/mol. The topological polar surface area (TPSA) is 122 Å². The van der Waals surface area contributed by atoms with Gasteiger partial charge < -0.3 is 25.0 Å². The van der Waals surface area contributed by atoms with Gasteiger partial charge >= 0.3 is 11.9 Å². The number of hydrogen-bond acceptors (Lipinski definition) is 8. The molecule has 8 nitrogen and oxygen atoms in total. The summed E-state index contributed by atoms with van der Waals surface area (Å²) in [5.74, 6) is -3.82. The number of aliphatic hydroxyl groups is 2. The van der Waals surface area contributed by atoms with Gasteiger partial charge in [-0.05, 0) is 36.6 Å². The van der Waals surface area contributed by atoms with Crippen molar-refractivity contribution in [3.05, 3.63) is 53.1 Å². The highest BCUT2D eigenvalue weighted by molar-refractivity contribution is 6.00. The molecule has 0 aromatic heterocycles. The van der Waals surface area contributed by atoms with E-state index in [0.717, 1.165) is 0 Å². The maximum atomic E-state index is 13.6. The highest BCUT2D eigenvalue weighted by atomic mass is 16.6. The van der Waals surface area contributed by atoms with Crippen molar-refractivity contribution in [1.82, 2.24) is 0 Å². The lowest BCUT2D eigenvalue weighted by atomic mass is 9.60. The molecule has 38 heavy (non-hydrogen) atoms. The van der Waals surface area contributed by atoms with Crippen LogP contribution in [0.25, 0.3) is 0 Å². The van der Waals surface area contributed by atoms with Gasteiger partial charge in [0.05, 0.1) is 17.8 Å². The Morgan fingerprint density at radius 3 is 2.47 bits per heavy atom. The number of para-hydroxylation sites is 1. The smallest absolute Gasteiger partial charge is 0.340 e. The SMILES string of the molecule is CNc1ccccc1C(=O)O[C@@H]1[C@@H](C)[C@@]2(O)[C@H](C=C(CO)C[C@H]3C(=O)C(C)=C[C@H]32)[C@@H]2C(C)(C)[C@]12OC(C)=O. The Balaban J connectivity index is 1.67. The monoisotopic (exact) mass is 523 g/mol. The van der Waals surface area contributed by atoms with Crippen molar-refractivity contribution in [2.45, 2.75) is 58.3 Å². The van der Waals surface area contributed by atoms with Gasteiger partial charge in [0.1, 0.15) is 6.10 Å². The summed E-state index contributed by atoms with van der Waals surface area (Å²) in [7, 11) is 1.71. The van der Waals surface area contributed by atoms with Gasteiger partial charge in [-0.2, -0.15) is 0 Å². The number of carbonyl (C=O) groups is 3. The van der Waals surface area contributed by atoms with Crippen LogP contribution in [0.5, 0.6) is 0 Å². The second kappa shape index (κ2) is 8.78. The predicted molar refractivity (Wildman–Crippen MR) is 140 cm³/mol. The number of hydrogen-bond donors (Lipinski definition) is 3. The van der Waals surface area contributed by atoms with Crippen LogP contribution in [-0.4, -0.2) is 58.9 Å². The minimum Gasteiger partial charge on any atom is -0.454 e. The molecule has 204 valence electrons. The van der Waals surface area contributed by atoms with Crippen LogP contribution in [0.4, 0.5) is 5.69 Å². The first-order chi connectivity index (χ1) is 17.9. The zero-order valence-corrected chi connectivity index (χ0v) is 22.8. The van der Waals surface area contributed by atoms with E-state index < -0.39 is 64.2 Å². The maximum Gasteiger partial charge on any atom is 0.340 e. The molecule has 0 bridgehead atoms. The standard InChI is InChI=1S/C30H37NO7/c1-15-11-21-20(24(15)34)12-18(14-32)13-22-25-28(4,5)30(25,38-17(3)33)26(16(2)29(21,22)36)37-27(35)19-9-7-8-10-23(19)31-6/h7-11,13,16,20-22,25-26,31-32,36H,12,14H2,1-6H3/t16-,20-,21-,22-,25-,26-,29+,30-/m1/s1. The molecule has 0 saturated heterocycles. The molecule has 8 atom stereocenters. The Kier molecular flexibility index (Phi) is 6.15. The van der Waals surface area contributed by atoms with Crippen LogP contribution in [0, 0.1) is 35.0 Å². The molecular formula is C30H37NO7. The first-order valence-corrected chi connectivity index (χ1v) is 13.3. The van der Waals surface area contributed by atoms with Gasteiger partial charge in [0, 0.05) is 54.7 Å². The number of esters is 2. The summed E-state index contributed by atoms with van der Waals surface area (Å²) < 4.78 is 12.3. The van der Waals surface area contributed by atoms with Crippen LogP contribution in [0.3, 0.4) is 0 Å². The number of aliphatic hydroxyl groups excluding tert-OH is 1. The molecule has 2 fully saturated rings. The molecule has 0 radical (unpaired) electrons. The number of allylic oxidation sites excluding steroid dienone is 1. The minimum atomic E-state index is -1.48. The first-order valence-electron chi connectivity index (χ1n) is 13.3. The molecular weight excluding hydrogens is 486 g/mol. The van der Waals surface area contributed by atoms with Gasteiger partial charge in [-0.15, -0.1) is 0 Å². The van der Waals surface area contributed by atoms with Crippen molar-refractivity contribution in [1.29, 1.82) is 0 Å². The number of rotatable bonds is 5. The fourth-order valence-corrected chi connectivity index (χ4v) is 8.05. The normalized spacial score (nSPS) is 38.5. The number of anilines is 1. The van der Waals surface area contributed by atoms with Gasteiger partial charge in [0.2, 0.25) is 0 Å². The van der Waals surface area contributed by atoms with Crippen LogP contribution in [0.2, 0.25) is 0 Å². The van der Waals surface area contributed by atoms with Crippen molar-refractivity contribution in [2.75, 3.05) is 19.0 Å². The first kappa shape index (κ1) is 26.6. The third-order valence-corrected chi connectivity index (χ3v) is 9.85. The fourth-order valence-electron chi connectivity index (χ4n) is 8.05. The predicted octanol–water partition coefficient (Wildman–Crippen LogP) is 3.29.